The Kier molecular flexibility index (Phi) is 4.02. The van der Waals surface area contributed by atoms with Gasteiger partial charge in [0.1, 0.15) is 12.4 Å². The van der Waals surface area contributed by atoms with Crippen molar-refractivity contribution in [1.82, 2.24) is 9.36 Å². The van der Waals surface area contributed by atoms with E-state index in [1.54, 1.807) is 0 Å². The summed E-state index contributed by atoms with van der Waals surface area (Å²) < 4.78 is 8.72. The van der Waals surface area contributed by atoms with Crippen molar-refractivity contribution in [3.63, 3.8) is 0 Å². The predicted molar refractivity (Wildman–Crippen MR) is 59.1 cm³/mol. The fourth-order valence-corrected chi connectivity index (χ4v) is 1.89. The standard InChI is InChI=1S/C9H15N3O2S/c1-6(2)12(5-8(13)14-4)9-10-7(3)11-15-9/h6H,5H2,1-4H3. The molecule has 6 heteroatoms. The maximum absolute atomic E-state index is 11.2. The van der Waals surface area contributed by atoms with Gasteiger partial charge in [-0.1, -0.05) is 0 Å². The van der Waals surface area contributed by atoms with Crippen LogP contribution in [0.1, 0.15) is 19.7 Å². The molecule has 1 rings (SSSR count). The van der Waals surface area contributed by atoms with Crippen molar-refractivity contribution < 1.29 is 9.53 Å². The van der Waals surface area contributed by atoms with Gasteiger partial charge in [-0.15, -0.1) is 0 Å². The van der Waals surface area contributed by atoms with Crippen LogP contribution in [0.3, 0.4) is 0 Å². The fraction of sp³-hybridized carbons (Fsp3) is 0.667. The summed E-state index contributed by atoms with van der Waals surface area (Å²) in [7, 11) is 1.38. The zero-order valence-corrected chi connectivity index (χ0v) is 10.2. The van der Waals surface area contributed by atoms with Gasteiger partial charge >= 0.3 is 5.97 Å². The molecular formula is C9H15N3O2S. The van der Waals surface area contributed by atoms with Crippen LogP contribution in [0.4, 0.5) is 5.13 Å². The van der Waals surface area contributed by atoms with Crippen LogP contribution in [0.2, 0.25) is 0 Å². The molecule has 0 fully saturated rings. The zero-order chi connectivity index (χ0) is 11.4. The van der Waals surface area contributed by atoms with E-state index in [9.17, 15) is 4.79 Å². The Balaban J connectivity index is 2.79. The molecule has 0 aromatic carbocycles. The maximum Gasteiger partial charge on any atom is 0.325 e. The molecule has 1 aromatic rings. The SMILES string of the molecule is COC(=O)CN(c1nc(C)ns1)C(C)C. The van der Waals surface area contributed by atoms with E-state index in [1.165, 1.54) is 18.6 Å². The van der Waals surface area contributed by atoms with Gasteiger partial charge in [0.25, 0.3) is 0 Å². The van der Waals surface area contributed by atoms with E-state index >= 15 is 0 Å². The summed E-state index contributed by atoms with van der Waals surface area (Å²) in [4.78, 5) is 17.3. The highest BCUT2D eigenvalue weighted by molar-refractivity contribution is 7.09. The van der Waals surface area contributed by atoms with Crippen LogP contribution in [-0.4, -0.2) is 35.0 Å². The molecule has 0 spiro atoms. The van der Waals surface area contributed by atoms with Gasteiger partial charge in [0.05, 0.1) is 7.11 Å². The van der Waals surface area contributed by atoms with E-state index in [0.717, 1.165) is 11.0 Å². The lowest BCUT2D eigenvalue weighted by atomic mass is 10.3. The van der Waals surface area contributed by atoms with Crippen molar-refractivity contribution in [2.75, 3.05) is 18.6 Å². The predicted octanol–water partition coefficient (Wildman–Crippen LogP) is 1.23. The largest absolute Gasteiger partial charge is 0.468 e. The molecular weight excluding hydrogens is 214 g/mol. The molecule has 1 aromatic heterocycles. The minimum absolute atomic E-state index is 0.191. The Labute approximate surface area is 93.2 Å². The molecule has 0 N–H and O–H groups in total. The second-order valence-corrected chi connectivity index (χ2v) is 4.15. The summed E-state index contributed by atoms with van der Waals surface area (Å²) in [6.07, 6.45) is 0. The lowest BCUT2D eigenvalue weighted by Crippen LogP contribution is -2.36. The van der Waals surface area contributed by atoms with Crippen LogP contribution in [0.25, 0.3) is 0 Å². The molecule has 0 bridgehead atoms. The number of nitrogens with zero attached hydrogens (tertiary/aromatic N) is 3. The molecule has 0 aliphatic heterocycles. The molecule has 0 atom stereocenters. The molecule has 0 amide bonds. The van der Waals surface area contributed by atoms with E-state index in [4.69, 9.17) is 0 Å². The number of hydrogen-bond acceptors (Lipinski definition) is 6. The summed E-state index contributed by atoms with van der Waals surface area (Å²) in [6, 6.07) is 0.191. The molecule has 15 heavy (non-hydrogen) atoms. The highest BCUT2D eigenvalue weighted by Gasteiger charge is 2.18. The van der Waals surface area contributed by atoms with Crippen molar-refractivity contribution in [3.05, 3.63) is 5.82 Å². The first kappa shape index (κ1) is 11.9. The van der Waals surface area contributed by atoms with Crippen LogP contribution < -0.4 is 4.90 Å². The maximum atomic E-state index is 11.2. The summed E-state index contributed by atoms with van der Waals surface area (Å²) in [5.74, 6) is 0.460. The number of anilines is 1. The van der Waals surface area contributed by atoms with Gasteiger partial charge in [0.2, 0.25) is 5.13 Å². The molecule has 0 unspecified atom stereocenters. The summed E-state index contributed by atoms with van der Waals surface area (Å²) in [5, 5.41) is 0.757. The van der Waals surface area contributed by atoms with Gasteiger partial charge in [-0.05, 0) is 20.8 Å². The smallest absolute Gasteiger partial charge is 0.325 e. The molecule has 1 heterocycles. The average molecular weight is 229 g/mol. The third-order valence-corrected chi connectivity index (χ3v) is 2.76. The first-order chi connectivity index (χ1) is 7.04. The highest BCUT2D eigenvalue weighted by Crippen LogP contribution is 2.19. The Morgan fingerprint density at radius 3 is 2.67 bits per heavy atom. The van der Waals surface area contributed by atoms with E-state index in [2.05, 4.69) is 14.1 Å². The highest BCUT2D eigenvalue weighted by atomic mass is 32.1. The number of esters is 1. The Morgan fingerprint density at radius 2 is 2.27 bits per heavy atom. The first-order valence-corrected chi connectivity index (χ1v) is 5.45. The number of hydrogen-bond donors (Lipinski definition) is 0. The van der Waals surface area contributed by atoms with Gasteiger partial charge < -0.3 is 9.64 Å². The second-order valence-electron chi connectivity index (χ2n) is 3.42. The summed E-state index contributed by atoms with van der Waals surface area (Å²) in [6.45, 7) is 6.04. The summed E-state index contributed by atoms with van der Waals surface area (Å²) >= 11 is 1.30. The molecule has 0 aliphatic carbocycles. The molecule has 0 saturated carbocycles. The van der Waals surface area contributed by atoms with Gasteiger partial charge in [0.15, 0.2) is 0 Å². The lowest BCUT2D eigenvalue weighted by Gasteiger charge is -2.23. The van der Waals surface area contributed by atoms with Crippen molar-refractivity contribution in [3.8, 4) is 0 Å². The van der Waals surface area contributed by atoms with Gasteiger partial charge in [-0.3, -0.25) is 4.79 Å². The number of rotatable bonds is 4. The van der Waals surface area contributed by atoms with E-state index in [1.807, 2.05) is 25.7 Å². The monoisotopic (exact) mass is 229 g/mol. The number of carbonyl (C=O) groups is 1. The molecule has 0 radical (unpaired) electrons. The number of carbonyl (C=O) groups excluding carboxylic acids is 1. The van der Waals surface area contributed by atoms with E-state index < -0.39 is 0 Å². The molecule has 0 aliphatic rings. The van der Waals surface area contributed by atoms with Crippen molar-refractivity contribution in [1.29, 1.82) is 0 Å². The Hall–Kier alpha value is -1.17. The third kappa shape index (κ3) is 3.16. The van der Waals surface area contributed by atoms with Crippen LogP contribution in [0.15, 0.2) is 0 Å². The van der Waals surface area contributed by atoms with Crippen molar-refractivity contribution >= 4 is 22.6 Å². The minimum atomic E-state index is -0.267. The fourth-order valence-electron chi connectivity index (χ4n) is 1.08. The molecule has 84 valence electrons. The van der Waals surface area contributed by atoms with E-state index in [0.29, 0.717) is 0 Å². The van der Waals surface area contributed by atoms with Crippen molar-refractivity contribution in [2.45, 2.75) is 26.8 Å². The lowest BCUT2D eigenvalue weighted by molar-refractivity contribution is -0.139. The normalized spacial score (nSPS) is 10.5. The number of aromatic nitrogens is 2. The first-order valence-electron chi connectivity index (χ1n) is 4.68. The van der Waals surface area contributed by atoms with E-state index in [-0.39, 0.29) is 18.6 Å². The zero-order valence-electron chi connectivity index (χ0n) is 9.35. The molecule has 0 saturated heterocycles. The number of methoxy groups -OCH3 is 1. The van der Waals surface area contributed by atoms with Crippen LogP contribution in [-0.2, 0) is 9.53 Å². The minimum Gasteiger partial charge on any atom is -0.468 e. The number of aryl methyl sites for hydroxylation is 1. The van der Waals surface area contributed by atoms with Crippen LogP contribution in [0, 0.1) is 6.92 Å². The Morgan fingerprint density at radius 1 is 1.60 bits per heavy atom. The third-order valence-electron chi connectivity index (χ3n) is 1.91. The van der Waals surface area contributed by atoms with Crippen molar-refractivity contribution in [2.24, 2.45) is 0 Å². The van der Waals surface area contributed by atoms with Gasteiger partial charge in [-0.25, -0.2) is 4.98 Å². The summed E-state index contributed by atoms with van der Waals surface area (Å²) in [5.41, 5.74) is 0. The van der Waals surface area contributed by atoms with Crippen LogP contribution in [0.5, 0.6) is 0 Å². The quantitative estimate of drug-likeness (QED) is 0.727. The van der Waals surface area contributed by atoms with Gasteiger partial charge in [0, 0.05) is 17.6 Å². The Bertz CT molecular complexity index is 338. The topological polar surface area (TPSA) is 55.3 Å². The number of ether oxygens (including phenoxy) is 1. The van der Waals surface area contributed by atoms with Crippen LogP contribution >= 0.6 is 11.5 Å². The molecule has 5 nitrogen and oxygen atoms in total. The second kappa shape index (κ2) is 5.06. The van der Waals surface area contributed by atoms with Gasteiger partial charge in [-0.2, -0.15) is 4.37 Å². The average Bonchev–Trinajstić information content (AvgIpc) is 2.60.